The van der Waals surface area contributed by atoms with Gasteiger partial charge in [-0.25, -0.2) is 0 Å². The van der Waals surface area contributed by atoms with Crippen LogP contribution in [0.3, 0.4) is 0 Å². The van der Waals surface area contributed by atoms with Crippen molar-refractivity contribution in [2.75, 3.05) is 13.1 Å². The predicted molar refractivity (Wildman–Crippen MR) is 54.9 cm³/mol. The third-order valence-electron chi connectivity index (χ3n) is 2.62. The van der Waals surface area contributed by atoms with Gasteiger partial charge in [0, 0.05) is 25.8 Å². The van der Waals surface area contributed by atoms with Gasteiger partial charge in [0.05, 0.1) is 11.3 Å². The molecule has 0 atom stereocenters. The summed E-state index contributed by atoms with van der Waals surface area (Å²) in [5.41, 5.74) is 1.85. The molecule has 3 heteroatoms. The number of aliphatic hydroxyl groups is 1. The highest BCUT2D eigenvalue weighted by Gasteiger charge is 2.36. The van der Waals surface area contributed by atoms with Crippen molar-refractivity contribution in [2.45, 2.75) is 26.0 Å². The van der Waals surface area contributed by atoms with Crippen LogP contribution in [0.4, 0.5) is 0 Å². The van der Waals surface area contributed by atoms with Crippen molar-refractivity contribution in [2.24, 2.45) is 0 Å². The van der Waals surface area contributed by atoms with Crippen LogP contribution in [0.2, 0.25) is 0 Å². The molecule has 0 bridgehead atoms. The van der Waals surface area contributed by atoms with Crippen molar-refractivity contribution in [3.05, 3.63) is 29.6 Å². The summed E-state index contributed by atoms with van der Waals surface area (Å²) in [5.74, 6) is 0. The Bertz CT molecular complexity index is 328. The fourth-order valence-electron chi connectivity index (χ4n) is 1.92. The maximum absolute atomic E-state index is 9.57. The molecule has 1 saturated heterocycles. The fraction of sp³-hybridized carbons (Fsp3) is 0.545. The van der Waals surface area contributed by atoms with E-state index in [2.05, 4.69) is 22.9 Å². The predicted octanol–water partition coefficient (Wildman–Crippen LogP) is 0.957. The summed E-state index contributed by atoms with van der Waals surface area (Å²) >= 11 is 0. The molecule has 1 aliphatic heterocycles. The number of hydrogen-bond acceptors (Lipinski definition) is 3. The van der Waals surface area contributed by atoms with Gasteiger partial charge in [-0.05, 0) is 25.5 Å². The smallest absolute Gasteiger partial charge is 0.0872 e. The van der Waals surface area contributed by atoms with Crippen molar-refractivity contribution in [3.63, 3.8) is 0 Å². The number of likely N-dealkylation sites (tertiary alicyclic amines) is 1. The summed E-state index contributed by atoms with van der Waals surface area (Å²) in [6, 6.07) is 4.02. The molecular formula is C11H16N2O. The van der Waals surface area contributed by atoms with Crippen molar-refractivity contribution in [1.29, 1.82) is 0 Å². The van der Waals surface area contributed by atoms with Gasteiger partial charge in [-0.2, -0.15) is 0 Å². The van der Waals surface area contributed by atoms with Crippen LogP contribution in [-0.4, -0.2) is 33.7 Å². The normalized spacial score (nSPS) is 20.5. The van der Waals surface area contributed by atoms with Crippen LogP contribution in [0, 0.1) is 6.92 Å². The van der Waals surface area contributed by atoms with Crippen LogP contribution in [0.25, 0.3) is 0 Å². The van der Waals surface area contributed by atoms with E-state index in [1.807, 2.05) is 19.2 Å². The quantitative estimate of drug-likeness (QED) is 0.758. The van der Waals surface area contributed by atoms with Gasteiger partial charge in [0.2, 0.25) is 0 Å². The first kappa shape index (κ1) is 9.62. The molecular weight excluding hydrogens is 176 g/mol. The first-order valence-corrected chi connectivity index (χ1v) is 4.92. The van der Waals surface area contributed by atoms with Crippen molar-refractivity contribution < 1.29 is 5.11 Å². The SMILES string of the molecule is Cc1cccnc1CN1CC(C)(O)C1. The Hall–Kier alpha value is -0.930. The molecule has 0 aliphatic carbocycles. The first-order chi connectivity index (χ1) is 6.57. The maximum Gasteiger partial charge on any atom is 0.0872 e. The summed E-state index contributed by atoms with van der Waals surface area (Å²) in [6.45, 7) is 6.30. The Balaban J connectivity index is 1.97. The summed E-state index contributed by atoms with van der Waals surface area (Å²) in [6.07, 6.45) is 1.82. The topological polar surface area (TPSA) is 36.4 Å². The van der Waals surface area contributed by atoms with Crippen LogP contribution in [0.5, 0.6) is 0 Å². The third-order valence-corrected chi connectivity index (χ3v) is 2.62. The lowest BCUT2D eigenvalue weighted by Crippen LogP contribution is -2.59. The van der Waals surface area contributed by atoms with Gasteiger partial charge < -0.3 is 5.11 Å². The van der Waals surface area contributed by atoms with Crippen LogP contribution >= 0.6 is 0 Å². The molecule has 14 heavy (non-hydrogen) atoms. The largest absolute Gasteiger partial charge is 0.388 e. The Kier molecular flexibility index (Phi) is 2.29. The first-order valence-electron chi connectivity index (χ1n) is 4.92. The van der Waals surface area contributed by atoms with Crippen molar-refractivity contribution in [1.82, 2.24) is 9.88 Å². The van der Waals surface area contributed by atoms with Gasteiger partial charge >= 0.3 is 0 Å². The number of β-amino-alcohol motifs (C(OH)–C–C–N with tert-alkyl or cyclic N) is 1. The molecule has 0 aromatic carbocycles. The van der Waals surface area contributed by atoms with Gasteiger partial charge in [-0.1, -0.05) is 6.07 Å². The van der Waals surface area contributed by atoms with E-state index in [0.29, 0.717) is 0 Å². The monoisotopic (exact) mass is 192 g/mol. The standard InChI is InChI=1S/C11H16N2O/c1-9-4-3-5-12-10(9)6-13-7-11(2,14)8-13/h3-5,14H,6-8H2,1-2H3. The van der Waals surface area contributed by atoms with Crippen LogP contribution in [-0.2, 0) is 6.54 Å². The second-order valence-electron chi connectivity index (χ2n) is 4.41. The second-order valence-corrected chi connectivity index (χ2v) is 4.41. The average molecular weight is 192 g/mol. The zero-order valence-electron chi connectivity index (χ0n) is 8.70. The summed E-state index contributed by atoms with van der Waals surface area (Å²) in [4.78, 5) is 6.53. The number of aryl methyl sites for hydroxylation is 1. The molecule has 1 N–H and O–H groups in total. The molecule has 2 rings (SSSR count). The van der Waals surface area contributed by atoms with Gasteiger partial charge in [0.25, 0.3) is 0 Å². The van der Waals surface area contributed by atoms with Gasteiger partial charge in [0.15, 0.2) is 0 Å². The Morgan fingerprint density at radius 2 is 2.29 bits per heavy atom. The van der Waals surface area contributed by atoms with E-state index in [4.69, 9.17) is 0 Å². The van der Waals surface area contributed by atoms with Gasteiger partial charge in [0.1, 0.15) is 0 Å². The maximum atomic E-state index is 9.57. The summed E-state index contributed by atoms with van der Waals surface area (Å²) < 4.78 is 0. The van der Waals surface area contributed by atoms with Crippen LogP contribution in [0.1, 0.15) is 18.2 Å². The molecule has 0 radical (unpaired) electrons. The lowest BCUT2D eigenvalue weighted by atomic mass is 9.96. The average Bonchev–Trinajstić information content (AvgIpc) is 2.05. The minimum absolute atomic E-state index is 0.483. The zero-order valence-corrected chi connectivity index (χ0v) is 8.70. The highest BCUT2D eigenvalue weighted by Crippen LogP contribution is 2.22. The van der Waals surface area contributed by atoms with E-state index in [1.54, 1.807) is 0 Å². The number of aromatic nitrogens is 1. The van der Waals surface area contributed by atoms with Gasteiger partial charge in [-0.15, -0.1) is 0 Å². The van der Waals surface area contributed by atoms with E-state index in [-0.39, 0.29) is 0 Å². The molecule has 1 aliphatic rings. The van der Waals surface area contributed by atoms with Crippen molar-refractivity contribution in [3.8, 4) is 0 Å². The van der Waals surface area contributed by atoms with Crippen LogP contribution < -0.4 is 0 Å². The Morgan fingerprint density at radius 1 is 1.57 bits per heavy atom. The lowest BCUT2D eigenvalue weighted by molar-refractivity contribution is -0.0876. The highest BCUT2D eigenvalue weighted by molar-refractivity contribution is 5.18. The van der Waals surface area contributed by atoms with E-state index < -0.39 is 5.60 Å². The molecule has 1 fully saturated rings. The van der Waals surface area contributed by atoms with Crippen LogP contribution in [0.15, 0.2) is 18.3 Å². The lowest BCUT2D eigenvalue weighted by Gasteiger charge is -2.44. The molecule has 1 aromatic heterocycles. The minimum Gasteiger partial charge on any atom is -0.388 e. The molecule has 2 heterocycles. The zero-order chi connectivity index (χ0) is 10.2. The summed E-state index contributed by atoms with van der Waals surface area (Å²) in [5, 5.41) is 9.57. The molecule has 76 valence electrons. The van der Waals surface area contributed by atoms with Gasteiger partial charge in [-0.3, -0.25) is 9.88 Å². The molecule has 3 nitrogen and oxygen atoms in total. The highest BCUT2D eigenvalue weighted by atomic mass is 16.3. The van der Waals surface area contributed by atoms with E-state index in [9.17, 15) is 5.11 Å². The minimum atomic E-state index is -0.483. The molecule has 0 saturated carbocycles. The summed E-state index contributed by atoms with van der Waals surface area (Å²) in [7, 11) is 0. The number of pyridine rings is 1. The van der Waals surface area contributed by atoms with E-state index in [1.165, 1.54) is 5.56 Å². The molecule has 0 amide bonds. The number of hydrogen-bond donors (Lipinski definition) is 1. The number of rotatable bonds is 2. The second kappa shape index (κ2) is 3.33. The Labute approximate surface area is 84.4 Å². The third kappa shape index (κ3) is 1.94. The molecule has 1 aromatic rings. The molecule has 0 spiro atoms. The Morgan fingerprint density at radius 3 is 2.86 bits per heavy atom. The van der Waals surface area contributed by atoms with E-state index >= 15 is 0 Å². The molecule has 0 unspecified atom stereocenters. The van der Waals surface area contributed by atoms with Crippen molar-refractivity contribution >= 4 is 0 Å². The van der Waals surface area contributed by atoms with E-state index in [0.717, 1.165) is 25.3 Å². The number of nitrogens with zero attached hydrogens (tertiary/aromatic N) is 2. The fourth-order valence-corrected chi connectivity index (χ4v) is 1.92.